The molecule has 1 N–H and O–H groups in total. The number of nitrogens with one attached hydrogen (secondary N) is 1. The van der Waals surface area contributed by atoms with Crippen molar-refractivity contribution in [1.29, 1.82) is 0 Å². The van der Waals surface area contributed by atoms with E-state index in [1.807, 2.05) is 66.2 Å². The minimum absolute atomic E-state index is 0.196. The molecule has 32 heavy (non-hydrogen) atoms. The number of nitrogens with zero attached hydrogens (tertiary/aromatic N) is 3. The van der Waals surface area contributed by atoms with E-state index >= 15 is 0 Å². The molecule has 7 heteroatoms. The molecule has 0 fully saturated rings. The highest BCUT2D eigenvalue weighted by Gasteiger charge is 2.17. The third-order valence-corrected chi connectivity index (χ3v) is 5.53. The van der Waals surface area contributed by atoms with E-state index in [0.717, 1.165) is 29.1 Å². The number of benzene rings is 2. The average molecular weight is 449 g/mol. The smallest absolute Gasteiger partial charge is 0.257 e. The number of aromatic nitrogens is 2. The van der Waals surface area contributed by atoms with Crippen LogP contribution in [-0.4, -0.2) is 29.4 Å². The van der Waals surface area contributed by atoms with Crippen LogP contribution in [0.3, 0.4) is 0 Å². The summed E-state index contributed by atoms with van der Waals surface area (Å²) in [6.07, 6.45) is 2.62. The summed E-state index contributed by atoms with van der Waals surface area (Å²) in [5.74, 6) is 1.46. The molecule has 1 amide bonds. The van der Waals surface area contributed by atoms with E-state index in [4.69, 9.17) is 21.3 Å². The van der Waals surface area contributed by atoms with E-state index in [-0.39, 0.29) is 5.91 Å². The Labute approximate surface area is 192 Å². The number of fused-ring (bicyclic) bond motifs is 1. The van der Waals surface area contributed by atoms with Crippen molar-refractivity contribution in [3.63, 3.8) is 0 Å². The van der Waals surface area contributed by atoms with Gasteiger partial charge in [-0.05, 0) is 48.4 Å². The fourth-order valence-electron chi connectivity index (χ4n) is 3.70. The van der Waals surface area contributed by atoms with Gasteiger partial charge in [0.1, 0.15) is 17.2 Å². The van der Waals surface area contributed by atoms with Crippen LogP contribution in [0.1, 0.15) is 28.5 Å². The summed E-state index contributed by atoms with van der Waals surface area (Å²) in [5.41, 5.74) is 4.14. The van der Waals surface area contributed by atoms with Crippen LogP contribution in [0.15, 0.2) is 66.9 Å². The van der Waals surface area contributed by atoms with E-state index < -0.39 is 0 Å². The first-order valence-corrected chi connectivity index (χ1v) is 10.8. The Morgan fingerprint density at radius 3 is 2.66 bits per heavy atom. The zero-order chi connectivity index (χ0) is 22.7. The highest BCUT2D eigenvalue weighted by molar-refractivity contribution is 6.30. The molecular formula is C25H25ClN4O2. The summed E-state index contributed by atoms with van der Waals surface area (Å²) in [4.78, 5) is 19.8. The lowest BCUT2D eigenvalue weighted by Crippen LogP contribution is -2.20. The fourth-order valence-corrected chi connectivity index (χ4v) is 3.83. The van der Waals surface area contributed by atoms with Gasteiger partial charge in [0.05, 0.1) is 18.4 Å². The number of imidazole rings is 1. The largest absolute Gasteiger partial charge is 0.497 e. The van der Waals surface area contributed by atoms with Gasteiger partial charge in [0.25, 0.3) is 5.91 Å². The van der Waals surface area contributed by atoms with Gasteiger partial charge in [0.15, 0.2) is 0 Å². The lowest BCUT2D eigenvalue weighted by Gasteiger charge is -2.20. The first-order valence-electron chi connectivity index (χ1n) is 10.4. The molecule has 0 radical (unpaired) electrons. The molecule has 0 saturated heterocycles. The number of ether oxygens (including phenoxy) is 1. The van der Waals surface area contributed by atoms with Gasteiger partial charge in [0, 0.05) is 36.6 Å². The number of hydrogen-bond donors (Lipinski definition) is 1. The highest BCUT2D eigenvalue weighted by Crippen LogP contribution is 2.25. The normalized spacial score (nSPS) is 10.9. The van der Waals surface area contributed by atoms with Gasteiger partial charge >= 0.3 is 0 Å². The number of anilines is 2. The molecule has 0 atom stereocenters. The predicted molar refractivity (Wildman–Crippen MR) is 129 cm³/mol. The number of aryl methyl sites for hydroxylation is 1. The minimum atomic E-state index is -0.196. The van der Waals surface area contributed by atoms with Gasteiger partial charge in [-0.3, -0.25) is 9.20 Å². The molecule has 164 valence electrons. The molecular weight excluding hydrogens is 424 g/mol. The van der Waals surface area contributed by atoms with E-state index in [1.54, 1.807) is 19.2 Å². The van der Waals surface area contributed by atoms with Crippen LogP contribution < -0.4 is 15.0 Å². The van der Waals surface area contributed by atoms with E-state index in [0.29, 0.717) is 28.6 Å². The zero-order valence-electron chi connectivity index (χ0n) is 18.3. The number of carbonyl (C=O) groups excluding carboxylic acids is 1. The Kier molecular flexibility index (Phi) is 6.32. The predicted octanol–water partition coefficient (Wildman–Crippen LogP) is 5.45. The number of rotatable bonds is 7. The molecule has 0 spiro atoms. The van der Waals surface area contributed by atoms with E-state index in [1.165, 1.54) is 0 Å². The molecule has 4 rings (SSSR count). The molecule has 4 aromatic rings. The number of halogens is 1. The maximum atomic E-state index is 12.9. The van der Waals surface area contributed by atoms with Gasteiger partial charge in [0.2, 0.25) is 0 Å². The molecule has 2 aromatic heterocycles. The lowest BCUT2D eigenvalue weighted by atomic mass is 10.2. The lowest BCUT2D eigenvalue weighted by molar-refractivity contribution is 0.102. The SMILES string of the molecule is CCc1nc2ccc(C(=O)Nc3cccc(OC)c3)cn2c1N(C)Cc1ccc(Cl)cc1. The zero-order valence-corrected chi connectivity index (χ0v) is 19.1. The summed E-state index contributed by atoms with van der Waals surface area (Å²) < 4.78 is 7.22. The van der Waals surface area contributed by atoms with Crippen LogP contribution in [0.25, 0.3) is 5.65 Å². The van der Waals surface area contributed by atoms with Crippen molar-refractivity contribution >= 4 is 34.7 Å². The van der Waals surface area contributed by atoms with Crippen molar-refractivity contribution in [2.75, 3.05) is 24.4 Å². The van der Waals surface area contributed by atoms with Gasteiger partial charge in [-0.1, -0.05) is 36.7 Å². The maximum Gasteiger partial charge on any atom is 0.257 e. The van der Waals surface area contributed by atoms with Gasteiger partial charge in [-0.2, -0.15) is 0 Å². The van der Waals surface area contributed by atoms with Gasteiger partial charge in [-0.25, -0.2) is 4.98 Å². The third-order valence-electron chi connectivity index (χ3n) is 5.28. The molecule has 6 nitrogen and oxygen atoms in total. The highest BCUT2D eigenvalue weighted by atomic mass is 35.5. The average Bonchev–Trinajstić information content (AvgIpc) is 3.18. The number of hydrogen-bond acceptors (Lipinski definition) is 4. The van der Waals surface area contributed by atoms with Crippen LogP contribution in [0.2, 0.25) is 5.02 Å². The third kappa shape index (κ3) is 4.55. The van der Waals surface area contributed by atoms with Gasteiger partial charge < -0.3 is 15.0 Å². The quantitative estimate of drug-likeness (QED) is 0.408. The molecule has 0 unspecified atom stereocenters. The van der Waals surface area contributed by atoms with Crippen molar-refractivity contribution in [2.45, 2.75) is 19.9 Å². The van der Waals surface area contributed by atoms with Gasteiger partial charge in [-0.15, -0.1) is 0 Å². The second kappa shape index (κ2) is 9.32. The summed E-state index contributed by atoms with van der Waals surface area (Å²) in [5, 5.41) is 3.65. The Hall–Kier alpha value is -3.51. The van der Waals surface area contributed by atoms with Crippen molar-refractivity contribution < 1.29 is 9.53 Å². The first-order chi connectivity index (χ1) is 15.5. The minimum Gasteiger partial charge on any atom is -0.497 e. The Morgan fingerprint density at radius 1 is 1.16 bits per heavy atom. The molecule has 0 saturated carbocycles. The number of carbonyl (C=O) groups is 1. The van der Waals surface area contributed by atoms with Crippen molar-refractivity contribution in [2.24, 2.45) is 0 Å². The number of pyridine rings is 1. The number of amides is 1. The molecule has 2 heterocycles. The van der Waals surface area contributed by atoms with E-state index in [9.17, 15) is 4.79 Å². The van der Waals surface area contributed by atoms with Crippen LogP contribution in [0.4, 0.5) is 11.5 Å². The molecule has 2 aromatic carbocycles. The standard InChI is InChI=1S/C25H25ClN4O2/c1-4-22-25(29(2)15-17-8-11-19(26)12-9-17)30-16-18(10-13-23(30)28-22)24(31)27-20-6-5-7-21(14-20)32-3/h5-14,16H,4,15H2,1-3H3,(H,27,31). The molecule has 0 aliphatic rings. The Bertz CT molecular complexity index is 1250. The molecule has 0 aliphatic heterocycles. The maximum absolute atomic E-state index is 12.9. The Morgan fingerprint density at radius 2 is 1.94 bits per heavy atom. The topological polar surface area (TPSA) is 58.9 Å². The van der Waals surface area contributed by atoms with Crippen LogP contribution >= 0.6 is 11.6 Å². The summed E-state index contributed by atoms with van der Waals surface area (Å²) >= 11 is 6.02. The van der Waals surface area contributed by atoms with Crippen molar-refractivity contribution in [3.05, 3.63) is 88.7 Å². The van der Waals surface area contributed by atoms with Crippen LogP contribution in [0, 0.1) is 0 Å². The second-order valence-electron chi connectivity index (χ2n) is 7.55. The first kappa shape index (κ1) is 21.7. The monoisotopic (exact) mass is 448 g/mol. The second-order valence-corrected chi connectivity index (χ2v) is 7.99. The molecule has 0 aliphatic carbocycles. The van der Waals surface area contributed by atoms with Crippen molar-refractivity contribution in [1.82, 2.24) is 9.38 Å². The summed E-state index contributed by atoms with van der Waals surface area (Å²) in [6.45, 7) is 2.77. The molecule has 0 bridgehead atoms. The number of methoxy groups -OCH3 is 1. The summed E-state index contributed by atoms with van der Waals surface area (Å²) in [7, 11) is 3.63. The van der Waals surface area contributed by atoms with Crippen LogP contribution in [-0.2, 0) is 13.0 Å². The van der Waals surface area contributed by atoms with Crippen molar-refractivity contribution in [3.8, 4) is 5.75 Å². The van der Waals surface area contributed by atoms with Crippen LogP contribution in [0.5, 0.6) is 5.75 Å². The fraction of sp³-hybridized carbons (Fsp3) is 0.200. The summed E-state index contributed by atoms with van der Waals surface area (Å²) in [6, 6.07) is 18.8. The Balaban J connectivity index is 1.65. The van der Waals surface area contributed by atoms with E-state index in [2.05, 4.69) is 17.1 Å².